The van der Waals surface area contributed by atoms with Gasteiger partial charge in [0.1, 0.15) is 18.1 Å². The molecule has 1 unspecified atom stereocenters. The standard InChI is InChI=1S/C18H16F3N3O5/c1-17(13-7-4-8-28-13)15(26)24(16(27)23-17)10-14(25)22-9-11-5-2-3-6-12(11)29-18(19,20)21/h2-8H,9-10H2,1H3,(H,22,25)(H,23,27). The van der Waals surface area contributed by atoms with Gasteiger partial charge in [0.2, 0.25) is 5.91 Å². The molecule has 1 aliphatic heterocycles. The average molecular weight is 411 g/mol. The number of hydrogen-bond donors (Lipinski definition) is 2. The molecule has 1 saturated heterocycles. The van der Waals surface area contributed by atoms with Gasteiger partial charge in [-0.1, -0.05) is 18.2 Å². The zero-order valence-electron chi connectivity index (χ0n) is 15.1. The highest BCUT2D eigenvalue weighted by molar-refractivity contribution is 6.08. The lowest BCUT2D eigenvalue weighted by Gasteiger charge is -2.19. The van der Waals surface area contributed by atoms with Crippen molar-refractivity contribution in [1.82, 2.24) is 15.5 Å². The van der Waals surface area contributed by atoms with E-state index in [0.717, 1.165) is 6.07 Å². The molecule has 2 heterocycles. The van der Waals surface area contributed by atoms with Gasteiger partial charge >= 0.3 is 12.4 Å². The van der Waals surface area contributed by atoms with Crippen molar-refractivity contribution >= 4 is 17.8 Å². The van der Waals surface area contributed by atoms with E-state index in [-0.39, 0.29) is 17.9 Å². The van der Waals surface area contributed by atoms with Crippen LogP contribution in [0.2, 0.25) is 0 Å². The lowest BCUT2D eigenvalue weighted by Crippen LogP contribution is -2.43. The maximum atomic E-state index is 12.6. The quantitative estimate of drug-likeness (QED) is 0.711. The van der Waals surface area contributed by atoms with Crippen molar-refractivity contribution in [1.29, 1.82) is 0 Å². The summed E-state index contributed by atoms with van der Waals surface area (Å²) in [4.78, 5) is 37.6. The zero-order chi connectivity index (χ0) is 21.2. The molecule has 3 rings (SSSR count). The van der Waals surface area contributed by atoms with Gasteiger partial charge in [0, 0.05) is 12.1 Å². The SMILES string of the molecule is CC1(c2ccco2)NC(=O)N(CC(=O)NCc2ccccc2OC(F)(F)F)C1=O. The Kier molecular flexibility index (Phi) is 5.23. The fourth-order valence-electron chi connectivity index (χ4n) is 2.84. The van der Waals surface area contributed by atoms with Gasteiger partial charge in [-0.15, -0.1) is 13.2 Å². The lowest BCUT2D eigenvalue weighted by atomic mass is 9.99. The predicted octanol–water partition coefficient (Wildman–Crippen LogP) is 2.26. The van der Waals surface area contributed by atoms with Crippen molar-refractivity contribution in [2.45, 2.75) is 25.4 Å². The molecule has 1 aromatic heterocycles. The molecular weight excluding hydrogens is 395 g/mol. The van der Waals surface area contributed by atoms with Gasteiger partial charge in [0.25, 0.3) is 5.91 Å². The fraction of sp³-hybridized carbons (Fsp3) is 0.278. The Morgan fingerprint density at radius 2 is 1.97 bits per heavy atom. The zero-order valence-corrected chi connectivity index (χ0v) is 15.1. The van der Waals surface area contributed by atoms with Crippen molar-refractivity contribution in [3.05, 3.63) is 54.0 Å². The number of ether oxygens (including phenoxy) is 1. The molecule has 1 atom stereocenters. The molecule has 1 aliphatic rings. The first kappa shape index (κ1) is 20.2. The number of halogens is 3. The molecule has 154 valence electrons. The van der Waals surface area contributed by atoms with E-state index in [9.17, 15) is 27.6 Å². The molecule has 0 radical (unpaired) electrons. The Labute approximate surface area is 162 Å². The second-order valence-corrected chi connectivity index (χ2v) is 6.36. The van der Waals surface area contributed by atoms with Crippen LogP contribution in [0.15, 0.2) is 47.1 Å². The molecule has 1 fully saturated rings. The molecule has 0 bridgehead atoms. The first-order chi connectivity index (χ1) is 13.6. The third-order valence-corrected chi connectivity index (χ3v) is 4.26. The summed E-state index contributed by atoms with van der Waals surface area (Å²) in [6, 6.07) is 7.58. The van der Waals surface area contributed by atoms with Crippen LogP contribution in [-0.4, -0.2) is 35.7 Å². The van der Waals surface area contributed by atoms with Crippen molar-refractivity contribution in [2.24, 2.45) is 0 Å². The number of amides is 4. The number of nitrogens with one attached hydrogen (secondary N) is 2. The smallest absolute Gasteiger partial charge is 0.466 e. The molecule has 0 saturated carbocycles. The Morgan fingerprint density at radius 1 is 1.24 bits per heavy atom. The van der Waals surface area contributed by atoms with E-state index >= 15 is 0 Å². The van der Waals surface area contributed by atoms with Crippen LogP contribution < -0.4 is 15.4 Å². The summed E-state index contributed by atoms with van der Waals surface area (Å²) in [5.41, 5.74) is -1.37. The third kappa shape index (κ3) is 4.33. The van der Waals surface area contributed by atoms with E-state index in [1.807, 2.05) is 0 Å². The number of rotatable bonds is 6. The minimum Gasteiger partial charge on any atom is -0.466 e. The van der Waals surface area contributed by atoms with Crippen LogP contribution in [0.1, 0.15) is 18.2 Å². The molecular formula is C18H16F3N3O5. The first-order valence-electron chi connectivity index (χ1n) is 8.38. The Balaban J connectivity index is 1.64. The molecule has 11 heteroatoms. The fourth-order valence-corrected chi connectivity index (χ4v) is 2.84. The maximum Gasteiger partial charge on any atom is 0.573 e. The number of carbonyl (C=O) groups is 3. The summed E-state index contributed by atoms with van der Waals surface area (Å²) in [6.07, 6.45) is -3.54. The molecule has 8 nitrogen and oxygen atoms in total. The van der Waals surface area contributed by atoms with E-state index in [4.69, 9.17) is 4.42 Å². The van der Waals surface area contributed by atoms with Crippen molar-refractivity contribution in [3.8, 4) is 5.75 Å². The third-order valence-electron chi connectivity index (χ3n) is 4.26. The van der Waals surface area contributed by atoms with Crippen LogP contribution in [0.25, 0.3) is 0 Å². The second kappa shape index (κ2) is 7.49. The molecule has 0 spiro atoms. The first-order valence-corrected chi connectivity index (χ1v) is 8.38. The average Bonchev–Trinajstić information content (AvgIpc) is 3.24. The number of urea groups is 1. The minimum atomic E-state index is -4.88. The monoisotopic (exact) mass is 411 g/mol. The van der Waals surface area contributed by atoms with Gasteiger partial charge < -0.3 is 19.8 Å². The molecule has 2 aromatic rings. The summed E-state index contributed by atoms with van der Waals surface area (Å²) < 4.78 is 46.5. The van der Waals surface area contributed by atoms with Gasteiger partial charge in [0.15, 0.2) is 5.54 Å². The maximum absolute atomic E-state index is 12.6. The van der Waals surface area contributed by atoms with E-state index in [1.54, 1.807) is 6.07 Å². The number of furan rings is 1. The highest BCUT2D eigenvalue weighted by Gasteiger charge is 2.51. The van der Waals surface area contributed by atoms with Crippen LogP contribution in [0.5, 0.6) is 5.75 Å². The molecule has 0 aliphatic carbocycles. The number of hydrogen-bond acceptors (Lipinski definition) is 5. The van der Waals surface area contributed by atoms with Crippen molar-refractivity contribution < 1.29 is 36.7 Å². The Bertz CT molecular complexity index is 929. The van der Waals surface area contributed by atoms with Crippen LogP contribution >= 0.6 is 0 Å². The number of benzene rings is 1. The highest BCUT2D eigenvalue weighted by Crippen LogP contribution is 2.29. The second-order valence-electron chi connectivity index (χ2n) is 6.36. The van der Waals surface area contributed by atoms with Crippen LogP contribution in [-0.2, 0) is 21.7 Å². The Morgan fingerprint density at radius 3 is 2.62 bits per heavy atom. The van der Waals surface area contributed by atoms with E-state index in [1.165, 1.54) is 37.5 Å². The number of imide groups is 1. The number of alkyl halides is 3. The topological polar surface area (TPSA) is 101 Å². The van der Waals surface area contributed by atoms with Crippen LogP contribution in [0.4, 0.5) is 18.0 Å². The number of nitrogens with zero attached hydrogens (tertiary/aromatic N) is 1. The van der Waals surface area contributed by atoms with Crippen molar-refractivity contribution in [2.75, 3.05) is 6.54 Å². The van der Waals surface area contributed by atoms with Gasteiger partial charge in [-0.2, -0.15) is 0 Å². The van der Waals surface area contributed by atoms with Gasteiger partial charge in [-0.25, -0.2) is 4.79 Å². The summed E-state index contributed by atoms with van der Waals surface area (Å²) >= 11 is 0. The largest absolute Gasteiger partial charge is 0.573 e. The van der Waals surface area contributed by atoms with E-state index in [2.05, 4.69) is 15.4 Å². The van der Waals surface area contributed by atoms with Crippen molar-refractivity contribution in [3.63, 3.8) is 0 Å². The molecule has 1 aromatic carbocycles. The van der Waals surface area contributed by atoms with Gasteiger partial charge in [-0.05, 0) is 25.1 Å². The van der Waals surface area contributed by atoms with Gasteiger partial charge in [0.05, 0.1) is 6.26 Å². The minimum absolute atomic E-state index is 0.0794. The summed E-state index contributed by atoms with van der Waals surface area (Å²) in [6.45, 7) is 0.544. The molecule has 2 N–H and O–H groups in total. The normalized spacial score (nSPS) is 19.2. The Hall–Kier alpha value is -3.50. The summed E-state index contributed by atoms with van der Waals surface area (Å²) in [7, 11) is 0. The highest BCUT2D eigenvalue weighted by atomic mass is 19.4. The summed E-state index contributed by atoms with van der Waals surface area (Å²) in [5, 5.41) is 4.84. The summed E-state index contributed by atoms with van der Waals surface area (Å²) in [5.74, 6) is -1.68. The predicted molar refractivity (Wildman–Crippen MR) is 91.3 cm³/mol. The lowest BCUT2D eigenvalue weighted by molar-refractivity contribution is -0.274. The molecule has 4 amide bonds. The van der Waals surface area contributed by atoms with Gasteiger partial charge in [-0.3, -0.25) is 14.5 Å². The van der Waals surface area contributed by atoms with E-state index in [0.29, 0.717) is 4.90 Å². The number of para-hydroxylation sites is 1. The number of carbonyl (C=O) groups excluding carboxylic acids is 3. The van der Waals surface area contributed by atoms with Crippen LogP contribution in [0.3, 0.4) is 0 Å². The van der Waals surface area contributed by atoms with E-state index < -0.39 is 42.0 Å². The van der Waals surface area contributed by atoms with Crippen LogP contribution in [0, 0.1) is 0 Å². The molecule has 29 heavy (non-hydrogen) atoms.